The van der Waals surface area contributed by atoms with Gasteiger partial charge in [-0.25, -0.2) is 4.72 Å². The first kappa shape index (κ1) is 13.7. The van der Waals surface area contributed by atoms with Crippen LogP contribution in [0, 0.1) is 11.8 Å². The summed E-state index contributed by atoms with van der Waals surface area (Å²) in [5.74, 6) is 5.29. The molecule has 0 aliphatic heterocycles. The van der Waals surface area contributed by atoms with Crippen molar-refractivity contribution in [1.29, 1.82) is 0 Å². The Balaban J connectivity index is 2.63. The van der Waals surface area contributed by atoms with E-state index in [1.165, 1.54) is 7.05 Å². The van der Waals surface area contributed by atoms with E-state index in [4.69, 9.17) is 5.11 Å². The minimum atomic E-state index is -3.40. The Labute approximate surface area is 101 Å². The highest BCUT2D eigenvalue weighted by atomic mass is 32.2. The third-order valence-corrected chi connectivity index (χ3v) is 3.06. The SMILES string of the molecule is CNS(=O)(=O)NCc1ccc(C#CCO)cc1. The molecule has 1 aromatic rings. The van der Waals surface area contributed by atoms with Crippen LogP contribution in [0.1, 0.15) is 11.1 Å². The molecule has 6 heteroatoms. The highest BCUT2D eigenvalue weighted by molar-refractivity contribution is 7.87. The van der Waals surface area contributed by atoms with Crippen LogP contribution in [-0.2, 0) is 16.8 Å². The third-order valence-electron chi connectivity index (χ3n) is 2.00. The van der Waals surface area contributed by atoms with Gasteiger partial charge >= 0.3 is 0 Å². The maximum Gasteiger partial charge on any atom is 0.276 e. The Bertz CT molecular complexity index is 512. The average molecular weight is 254 g/mol. The van der Waals surface area contributed by atoms with Crippen molar-refractivity contribution < 1.29 is 13.5 Å². The molecule has 17 heavy (non-hydrogen) atoms. The second-order valence-corrected chi connectivity index (χ2v) is 4.89. The lowest BCUT2D eigenvalue weighted by Crippen LogP contribution is -2.33. The number of hydrogen-bond donors (Lipinski definition) is 3. The number of benzene rings is 1. The van der Waals surface area contributed by atoms with E-state index in [0.717, 1.165) is 11.1 Å². The summed E-state index contributed by atoms with van der Waals surface area (Å²) in [6, 6.07) is 7.09. The van der Waals surface area contributed by atoms with Gasteiger partial charge in [-0.2, -0.15) is 13.1 Å². The zero-order chi connectivity index (χ0) is 12.7. The predicted octanol–water partition coefficient (Wildman–Crippen LogP) is -0.416. The van der Waals surface area contributed by atoms with Crippen molar-refractivity contribution in [2.24, 2.45) is 0 Å². The van der Waals surface area contributed by atoms with E-state index in [1.807, 2.05) is 0 Å². The van der Waals surface area contributed by atoms with Gasteiger partial charge in [-0.3, -0.25) is 0 Å². The van der Waals surface area contributed by atoms with Crippen LogP contribution in [0.4, 0.5) is 0 Å². The fourth-order valence-electron chi connectivity index (χ4n) is 1.10. The van der Waals surface area contributed by atoms with Gasteiger partial charge in [-0.1, -0.05) is 24.0 Å². The van der Waals surface area contributed by atoms with Gasteiger partial charge in [0, 0.05) is 19.2 Å². The number of nitrogens with one attached hydrogen (secondary N) is 2. The molecule has 92 valence electrons. The summed E-state index contributed by atoms with van der Waals surface area (Å²) in [6.45, 7) is 0.0423. The normalized spacial score (nSPS) is 10.7. The Morgan fingerprint density at radius 3 is 2.47 bits per heavy atom. The van der Waals surface area contributed by atoms with Crippen molar-refractivity contribution in [2.75, 3.05) is 13.7 Å². The van der Waals surface area contributed by atoms with E-state index in [2.05, 4.69) is 21.3 Å². The molecule has 0 saturated carbocycles. The maximum atomic E-state index is 11.1. The van der Waals surface area contributed by atoms with Crippen molar-refractivity contribution in [3.63, 3.8) is 0 Å². The van der Waals surface area contributed by atoms with Gasteiger partial charge in [0.2, 0.25) is 0 Å². The van der Waals surface area contributed by atoms with Crippen molar-refractivity contribution >= 4 is 10.2 Å². The third kappa shape index (κ3) is 4.97. The second-order valence-electron chi connectivity index (χ2n) is 3.19. The molecule has 0 aliphatic rings. The molecule has 0 aromatic heterocycles. The zero-order valence-electron chi connectivity index (χ0n) is 9.40. The summed E-state index contributed by atoms with van der Waals surface area (Å²) >= 11 is 0. The first-order chi connectivity index (χ1) is 8.07. The molecule has 0 fully saturated rings. The molecule has 0 radical (unpaired) electrons. The van der Waals surface area contributed by atoms with Crippen LogP contribution < -0.4 is 9.44 Å². The summed E-state index contributed by atoms with van der Waals surface area (Å²) in [6.07, 6.45) is 0. The fraction of sp³-hybridized carbons (Fsp3) is 0.273. The van der Waals surface area contributed by atoms with Crippen molar-refractivity contribution in [1.82, 2.24) is 9.44 Å². The van der Waals surface area contributed by atoms with Crippen molar-refractivity contribution in [2.45, 2.75) is 6.54 Å². The van der Waals surface area contributed by atoms with E-state index in [-0.39, 0.29) is 13.2 Å². The lowest BCUT2D eigenvalue weighted by molar-refractivity contribution is 0.350. The smallest absolute Gasteiger partial charge is 0.276 e. The highest BCUT2D eigenvalue weighted by Crippen LogP contribution is 2.03. The molecule has 0 bridgehead atoms. The molecule has 3 N–H and O–H groups in total. The molecule has 0 unspecified atom stereocenters. The van der Waals surface area contributed by atoms with Gasteiger partial charge in [0.1, 0.15) is 6.61 Å². The van der Waals surface area contributed by atoms with Crippen LogP contribution in [-0.4, -0.2) is 27.2 Å². The number of hydrogen-bond acceptors (Lipinski definition) is 3. The van der Waals surface area contributed by atoms with Crippen LogP contribution in [0.5, 0.6) is 0 Å². The minimum absolute atomic E-state index is 0.177. The van der Waals surface area contributed by atoms with Crippen molar-refractivity contribution in [3.05, 3.63) is 35.4 Å². The van der Waals surface area contributed by atoms with Crippen LogP contribution in [0.15, 0.2) is 24.3 Å². The number of aliphatic hydroxyl groups is 1. The van der Waals surface area contributed by atoms with Crippen LogP contribution >= 0.6 is 0 Å². The summed E-state index contributed by atoms with van der Waals surface area (Å²) in [5.41, 5.74) is 1.61. The standard InChI is InChI=1S/C11H14N2O3S/c1-12-17(15,16)13-9-11-6-4-10(5-7-11)3-2-8-14/h4-7,12-14H,8-9H2,1H3. The number of rotatable bonds is 4. The second kappa shape index (κ2) is 6.37. The van der Waals surface area contributed by atoms with Gasteiger partial charge < -0.3 is 5.11 Å². The first-order valence-corrected chi connectivity index (χ1v) is 6.42. The Hall–Kier alpha value is -1.39. The predicted molar refractivity (Wildman–Crippen MR) is 65.2 cm³/mol. The molecule has 5 nitrogen and oxygen atoms in total. The van der Waals surface area contributed by atoms with Crippen molar-refractivity contribution in [3.8, 4) is 11.8 Å². The summed E-state index contributed by atoms with van der Waals surface area (Å²) in [7, 11) is -2.06. The van der Waals surface area contributed by atoms with E-state index >= 15 is 0 Å². The first-order valence-electron chi connectivity index (χ1n) is 4.94. The topological polar surface area (TPSA) is 78.4 Å². The largest absolute Gasteiger partial charge is 0.384 e. The highest BCUT2D eigenvalue weighted by Gasteiger charge is 2.04. The Morgan fingerprint density at radius 1 is 1.29 bits per heavy atom. The molecule has 0 heterocycles. The molecule has 1 rings (SSSR count). The molecule has 0 amide bonds. The summed E-state index contributed by atoms with van der Waals surface area (Å²) < 4.78 is 26.8. The van der Waals surface area contributed by atoms with E-state index in [0.29, 0.717) is 0 Å². The maximum absolute atomic E-state index is 11.1. The van der Waals surface area contributed by atoms with E-state index < -0.39 is 10.2 Å². The van der Waals surface area contributed by atoms with Gasteiger partial charge in [0.25, 0.3) is 10.2 Å². The Morgan fingerprint density at radius 2 is 1.94 bits per heavy atom. The zero-order valence-corrected chi connectivity index (χ0v) is 10.2. The average Bonchev–Trinajstić information content (AvgIpc) is 2.35. The van der Waals surface area contributed by atoms with Gasteiger partial charge in [0.05, 0.1) is 0 Å². The minimum Gasteiger partial charge on any atom is -0.384 e. The van der Waals surface area contributed by atoms with Gasteiger partial charge in [0.15, 0.2) is 0 Å². The van der Waals surface area contributed by atoms with Crippen LogP contribution in [0.2, 0.25) is 0 Å². The van der Waals surface area contributed by atoms with E-state index in [9.17, 15) is 8.42 Å². The molecule has 1 aromatic carbocycles. The van der Waals surface area contributed by atoms with E-state index in [1.54, 1.807) is 24.3 Å². The van der Waals surface area contributed by atoms with Crippen LogP contribution in [0.3, 0.4) is 0 Å². The molecule has 0 saturated heterocycles. The molecular weight excluding hydrogens is 240 g/mol. The lowest BCUT2D eigenvalue weighted by atomic mass is 10.1. The molecule has 0 atom stereocenters. The summed E-state index contributed by atoms with van der Waals surface area (Å²) in [4.78, 5) is 0. The fourth-order valence-corrected chi connectivity index (χ4v) is 1.60. The molecule has 0 aliphatic carbocycles. The number of aliphatic hydroxyl groups excluding tert-OH is 1. The quantitative estimate of drug-likeness (QED) is 0.639. The van der Waals surface area contributed by atoms with Crippen LogP contribution in [0.25, 0.3) is 0 Å². The molecule has 0 spiro atoms. The molecular formula is C11H14N2O3S. The monoisotopic (exact) mass is 254 g/mol. The lowest BCUT2D eigenvalue weighted by Gasteiger charge is -2.04. The Kier molecular flexibility index (Phi) is 5.12. The van der Waals surface area contributed by atoms with Gasteiger partial charge in [-0.05, 0) is 17.7 Å². The van der Waals surface area contributed by atoms with Gasteiger partial charge in [-0.15, -0.1) is 0 Å². The summed E-state index contributed by atoms with van der Waals surface area (Å²) in [5, 5.41) is 8.53.